The zero-order valence-corrected chi connectivity index (χ0v) is 11.2. The maximum Gasteiger partial charge on any atom is 0.213 e. The Morgan fingerprint density at radius 3 is 2.82 bits per heavy atom. The van der Waals surface area contributed by atoms with Crippen LogP contribution in [0.15, 0.2) is 29.8 Å². The maximum atomic E-state index is 5.91. The summed E-state index contributed by atoms with van der Waals surface area (Å²) in [4.78, 5) is 4.14. The van der Waals surface area contributed by atoms with Crippen LogP contribution < -0.4 is 10.1 Å². The zero-order valence-electron chi connectivity index (χ0n) is 9.61. The molecular weight excluding hydrogens is 256 g/mol. The molecule has 0 spiro atoms. The Hall–Kier alpha value is -1.26. The number of methoxy groups -OCH3 is 1. The third-order valence-corrected chi connectivity index (χ3v) is 3.53. The van der Waals surface area contributed by atoms with Gasteiger partial charge >= 0.3 is 0 Å². The number of hydrogen-bond acceptors (Lipinski definition) is 4. The summed E-state index contributed by atoms with van der Waals surface area (Å²) in [5.41, 5.74) is 2.14. The second-order valence-corrected chi connectivity index (χ2v) is 5.18. The molecule has 1 atom stereocenters. The molecule has 2 aromatic rings. The molecule has 0 saturated heterocycles. The lowest BCUT2D eigenvalue weighted by Crippen LogP contribution is -2.05. The van der Waals surface area contributed by atoms with Gasteiger partial charge in [0, 0.05) is 12.1 Å². The predicted molar refractivity (Wildman–Crippen MR) is 72.2 cm³/mol. The molecule has 0 aliphatic carbocycles. The van der Waals surface area contributed by atoms with Gasteiger partial charge in [-0.05, 0) is 30.0 Å². The van der Waals surface area contributed by atoms with Crippen LogP contribution >= 0.6 is 22.9 Å². The van der Waals surface area contributed by atoms with Crippen LogP contribution in [0.2, 0.25) is 4.34 Å². The number of thiophene rings is 1. The van der Waals surface area contributed by atoms with Crippen molar-refractivity contribution < 1.29 is 4.74 Å². The molecule has 1 N–H and O–H groups in total. The molecule has 0 aliphatic rings. The first-order valence-corrected chi connectivity index (χ1v) is 6.45. The topological polar surface area (TPSA) is 34.1 Å². The van der Waals surface area contributed by atoms with E-state index in [1.807, 2.05) is 18.2 Å². The Kier molecular flexibility index (Phi) is 3.86. The molecule has 0 bridgehead atoms. The van der Waals surface area contributed by atoms with Gasteiger partial charge in [0.2, 0.25) is 5.88 Å². The van der Waals surface area contributed by atoms with E-state index in [-0.39, 0.29) is 6.04 Å². The molecule has 5 heteroatoms. The number of ether oxygens (including phenoxy) is 1. The van der Waals surface area contributed by atoms with Crippen molar-refractivity contribution in [2.45, 2.75) is 13.0 Å². The maximum absolute atomic E-state index is 5.91. The first-order valence-electron chi connectivity index (χ1n) is 5.19. The van der Waals surface area contributed by atoms with Gasteiger partial charge in [-0.25, -0.2) is 4.98 Å². The molecule has 0 aliphatic heterocycles. The van der Waals surface area contributed by atoms with Gasteiger partial charge in [0.25, 0.3) is 0 Å². The highest BCUT2D eigenvalue weighted by Crippen LogP contribution is 2.27. The van der Waals surface area contributed by atoms with Gasteiger partial charge in [-0.1, -0.05) is 11.6 Å². The number of aromatic nitrogens is 1. The van der Waals surface area contributed by atoms with Crippen LogP contribution in [0.1, 0.15) is 18.5 Å². The fraction of sp³-hybridized carbons (Fsp3) is 0.250. The first-order chi connectivity index (χ1) is 8.19. The van der Waals surface area contributed by atoms with E-state index in [0.717, 1.165) is 10.0 Å². The van der Waals surface area contributed by atoms with Gasteiger partial charge in [-0.2, -0.15) is 0 Å². The van der Waals surface area contributed by atoms with Crippen molar-refractivity contribution in [1.29, 1.82) is 0 Å². The van der Waals surface area contributed by atoms with Crippen LogP contribution in [0.3, 0.4) is 0 Å². The second-order valence-electron chi connectivity index (χ2n) is 3.64. The number of anilines is 1. The molecule has 0 saturated carbocycles. The van der Waals surface area contributed by atoms with E-state index in [9.17, 15) is 0 Å². The molecule has 0 fully saturated rings. The molecule has 17 heavy (non-hydrogen) atoms. The molecule has 2 aromatic heterocycles. The summed E-state index contributed by atoms with van der Waals surface area (Å²) in [6.07, 6.45) is 1.75. The molecule has 2 heterocycles. The normalized spacial score (nSPS) is 12.2. The van der Waals surface area contributed by atoms with Gasteiger partial charge in [0.15, 0.2) is 0 Å². The number of halogens is 1. The van der Waals surface area contributed by atoms with Crippen LogP contribution in [0.5, 0.6) is 5.88 Å². The molecule has 1 unspecified atom stereocenters. The standard InChI is InChI=1S/C12H13ClN2OS/c1-8(9-5-11(13)17-7-9)15-10-3-4-12(16-2)14-6-10/h3-8,15H,1-2H3. The molecule has 3 nitrogen and oxygen atoms in total. The average molecular weight is 269 g/mol. The average Bonchev–Trinajstić information content (AvgIpc) is 2.77. The van der Waals surface area contributed by atoms with Crippen molar-refractivity contribution in [3.8, 4) is 5.88 Å². The van der Waals surface area contributed by atoms with E-state index in [4.69, 9.17) is 16.3 Å². The van der Waals surface area contributed by atoms with Crippen molar-refractivity contribution in [3.63, 3.8) is 0 Å². The number of rotatable bonds is 4. The van der Waals surface area contributed by atoms with Gasteiger partial charge in [-0.3, -0.25) is 0 Å². The van der Waals surface area contributed by atoms with Crippen LogP contribution in [0.4, 0.5) is 5.69 Å². The number of nitrogens with zero attached hydrogens (tertiary/aromatic N) is 1. The van der Waals surface area contributed by atoms with Gasteiger partial charge in [-0.15, -0.1) is 11.3 Å². The minimum Gasteiger partial charge on any atom is -0.481 e. The lowest BCUT2D eigenvalue weighted by Gasteiger charge is -2.13. The van der Waals surface area contributed by atoms with Crippen LogP contribution in [0.25, 0.3) is 0 Å². The van der Waals surface area contributed by atoms with Crippen molar-refractivity contribution >= 4 is 28.6 Å². The van der Waals surface area contributed by atoms with Crippen LogP contribution in [-0.2, 0) is 0 Å². The van der Waals surface area contributed by atoms with Gasteiger partial charge < -0.3 is 10.1 Å². The fourth-order valence-corrected chi connectivity index (χ4v) is 2.45. The summed E-state index contributed by atoms with van der Waals surface area (Å²) in [6.45, 7) is 2.09. The van der Waals surface area contributed by atoms with Crippen molar-refractivity contribution in [3.05, 3.63) is 39.7 Å². The SMILES string of the molecule is COc1ccc(NC(C)c2csc(Cl)c2)cn1. The first kappa shape index (κ1) is 12.2. The summed E-state index contributed by atoms with van der Waals surface area (Å²) < 4.78 is 5.81. The molecule has 2 rings (SSSR count). The Morgan fingerprint density at radius 1 is 1.47 bits per heavy atom. The number of pyridine rings is 1. The Balaban J connectivity index is 2.04. The highest BCUT2D eigenvalue weighted by Gasteiger charge is 2.07. The number of nitrogens with one attached hydrogen (secondary N) is 1. The van der Waals surface area contributed by atoms with Crippen LogP contribution in [-0.4, -0.2) is 12.1 Å². The molecule has 0 radical (unpaired) electrons. The molecular formula is C12H13ClN2OS. The van der Waals surface area contributed by atoms with E-state index in [1.54, 1.807) is 13.3 Å². The van der Waals surface area contributed by atoms with E-state index < -0.39 is 0 Å². The third kappa shape index (κ3) is 3.11. The predicted octanol–water partition coefficient (Wildman–Crippen LogP) is 3.98. The molecule has 0 aromatic carbocycles. The highest BCUT2D eigenvalue weighted by atomic mass is 35.5. The summed E-state index contributed by atoms with van der Waals surface area (Å²) >= 11 is 7.45. The van der Waals surface area contributed by atoms with Gasteiger partial charge in [0.05, 0.1) is 23.3 Å². The largest absolute Gasteiger partial charge is 0.481 e. The minimum absolute atomic E-state index is 0.203. The summed E-state index contributed by atoms with van der Waals surface area (Å²) in [5.74, 6) is 0.613. The second kappa shape index (κ2) is 5.38. The summed E-state index contributed by atoms with van der Waals surface area (Å²) in [5, 5.41) is 5.41. The Labute approximate surface area is 109 Å². The monoisotopic (exact) mass is 268 g/mol. The minimum atomic E-state index is 0.203. The number of hydrogen-bond donors (Lipinski definition) is 1. The van der Waals surface area contributed by atoms with Crippen molar-refractivity contribution in [2.75, 3.05) is 12.4 Å². The smallest absolute Gasteiger partial charge is 0.213 e. The van der Waals surface area contributed by atoms with Crippen LogP contribution in [0, 0.1) is 0 Å². The lowest BCUT2D eigenvalue weighted by molar-refractivity contribution is 0.398. The third-order valence-electron chi connectivity index (χ3n) is 2.42. The van der Waals surface area contributed by atoms with E-state index >= 15 is 0 Å². The molecule has 0 amide bonds. The Morgan fingerprint density at radius 2 is 2.29 bits per heavy atom. The van der Waals surface area contributed by atoms with Crippen molar-refractivity contribution in [1.82, 2.24) is 4.98 Å². The fourth-order valence-electron chi connectivity index (χ4n) is 1.47. The Bertz CT molecular complexity index is 484. The lowest BCUT2D eigenvalue weighted by atomic mass is 10.2. The molecule has 90 valence electrons. The van der Waals surface area contributed by atoms with E-state index in [2.05, 4.69) is 22.6 Å². The van der Waals surface area contributed by atoms with Crippen molar-refractivity contribution in [2.24, 2.45) is 0 Å². The quantitative estimate of drug-likeness (QED) is 0.911. The summed E-state index contributed by atoms with van der Waals surface area (Å²) in [6, 6.07) is 5.95. The summed E-state index contributed by atoms with van der Waals surface area (Å²) in [7, 11) is 1.60. The van der Waals surface area contributed by atoms with E-state index in [0.29, 0.717) is 5.88 Å². The van der Waals surface area contributed by atoms with E-state index in [1.165, 1.54) is 16.9 Å². The highest BCUT2D eigenvalue weighted by molar-refractivity contribution is 7.14. The zero-order chi connectivity index (χ0) is 12.3. The van der Waals surface area contributed by atoms with Gasteiger partial charge in [0.1, 0.15) is 0 Å².